The summed E-state index contributed by atoms with van der Waals surface area (Å²) in [4.78, 5) is 26.7. The van der Waals surface area contributed by atoms with Crippen LogP contribution in [-0.4, -0.2) is 42.8 Å². The zero-order valence-electron chi connectivity index (χ0n) is 18.6. The fourth-order valence-electron chi connectivity index (χ4n) is 4.77. The maximum Gasteiger partial charge on any atom is 0.248 e. The second-order valence-corrected chi connectivity index (χ2v) is 7.83. The molecule has 0 aliphatic carbocycles. The summed E-state index contributed by atoms with van der Waals surface area (Å²) in [6.07, 6.45) is 0. The smallest absolute Gasteiger partial charge is 0.248 e. The van der Waals surface area contributed by atoms with Crippen LogP contribution in [0.3, 0.4) is 0 Å². The van der Waals surface area contributed by atoms with Gasteiger partial charge in [0.2, 0.25) is 17.7 Å². The zero-order valence-corrected chi connectivity index (χ0v) is 18.6. The van der Waals surface area contributed by atoms with Gasteiger partial charge in [0.25, 0.3) is 0 Å². The second kappa shape index (κ2) is 7.81. The molecule has 2 aliphatic rings. The molecular weight excluding hydrogens is 454 g/mol. The van der Waals surface area contributed by atoms with E-state index in [1.807, 2.05) is 6.07 Å². The van der Waals surface area contributed by atoms with Gasteiger partial charge in [-0.05, 0) is 24.3 Å². The molecule has 3 heterocycles. The monoisotopic (exact) mass is 472 g/mol. The Kier molecular flexibility index (Phi) is 4.87. The number of aromatic amines is 1. The number of nitrogens with one attached hydrogen (secondary N) is 1. The van der Waals surface area contributed by atoms with Crippen LogP contribution in [-0.2, 0) is 15.0 Å². The molecule has 1 aromatic heterocycles. The molecule has 11 heteroatoms. The summed E-state index contributed by atoms with van der Waals surface area (Å²) in [5.41, 5.74) is 5.96. The highest BCUT2D eigenvalue weighted by molar-refractivity contribution is 6.16. The number of para-hydroxylation sites is 1. The third kappa shape index (κ3) is 2.86. The van der Waals surface area contributed by atoms with Crippen LogP contribution in [0.15, 0.2) is 53.9 Å². The standard InChI is InChI=1S/C24H19N5O6/c1-33-16-8-7-12(9-17(16)34-2)20-19-22(28-27-20)35-21(26)14(10-25)24(19)13-5-3-4-6-15(13)29(23(24)32)11-18(30)31/h3-9H,11,26H2,1-2H3,(H,27,28)(H,30,31)/p-1/t24-/m0/s1. The molecule has 176 valence electrons. The van der Waals surface area contributed by atoms with Gasteiger partial charge in [0.05, 0.1) is 38.0 Å². The Morgan fingerprint density at radius 3 is 2.69 bits per heavy atom. The fourth-order valence-corrected chi connectivity index (χ4v) is 4.77. The van der Waals surface area contributed by atoms with Crippen LogP contribution in [0.2, 0.25) is 0 Å². The average Bonchev–Trinajstić information content (AvgIpc) is 3.38. The molecule has 11 nitrogen and oxygen atoms in total. The minimum absolute atomic E-state index is 0.00950. The molecule has 3 N–H and O–H groups in total. The number of aliphatic carboxylic acids is 1. The Balaban J connectivity index is 1.85. The van der Waals surface area contributed by atoms with Crippen molar-refractivity contribution in [2.75, 3.05) is 25.7 Å². The first-order chi connectivity index (χ1) is 16.9. The third-order valence-corrected chi connectivity index (χ3v) is 6.17. The van der Waals surface area contributed by atoms with Gasteiger partial charge < -0.3 is 34.7 Å². The molecule has 5 rings (SSSR count). The maximum absolute atomic E-state index is 14.1. The van der Waals surface area contributed by atoms with E-state index in [1.165, 1.54) is 14.2 Å². The van der Waals surface area contributed by atoms with E-state index < -0.39 is 23.8 Å². The topological polar surface area (TPSA) is 167 Å². The number of nitriles is 1. The summed E-state index contributed by atoms with van der Waals surface area (Å²) in [5.74, 6) is -1.55. The normalized spacial score (nSPS) is 18.1. The number of carbonyl (C=O) groups excluding carboxylic acids is 2. The number of methoxy groups -OCH3 is 2. The number of ether oxygens (including phenoxy) is 3. The number of H-pyrrole nitrogens is 1. The summed E-state index contributed by atoms with van der Waals surface area (Å²) < 4.78 is 16.4. The van der Waals surface area contributed by atoms with Crippen molar-refractivity contribution in [1.29, 1.82) is 5.26 Å². The molecule has 0 radical (unpaired) electrons. The van der Waals surface area contributed by atoms with Crippen LogP contribution in [0.25, 0.3) is 11.3 Å². The molecule has 1 atom stereocenters. The first kappa shape index (κ1) is 21.8. The molecule has 2 aliphatic heterocycles. The van der Waals surface area contributed by atoms with Gasteiger partial charge in [-0.25, -0.2) is 0 Å². The average molecular weight is 472 g/mol. The van der Waals surface area contributed by atoms with Crippen LogP contribution < -0.4 is 30.0 Å². The number of carbonyl (C=O) groups is 2. The van der Waals surface area contributed by atoms with Crippen molar-refractivity contribution < 1.29 is 28.9 Å². The van der Waals surface area contributed by atoms with Crippen LogP contribution in [0.4, 0.5) is 5.69 Å². The molecule has 0 fully saturated rings. The highest BCUT2D eigenvalue weighted by Crippen LogP contribution is 2.57. The Morgan fingerprint density at radius 2 is 2.00 bits per heavy atom. The van der Waals surface area contributed by atoms with Crippen molar-refractivity contribution in [2.24, 2.45) is 5.73 Å². The number of fused-ring (bicyclic) bond motifs is 4. The number of carboxylic acid groups (broad SMARTS) is 1. The second-order valence-electron chi connectivity index (χ2n) is 7.83. The summed E-state index contributed by atoms with van der Waals surface area (Å²) in [6.45, 7) is -0.712. The summed E-state index contributed by atoms with van der Waals surface area (Å²) >= 11 is 0. The summed E-state index contributed by atoms with van der Waals surface area (Å²) in [7, 11) is 2.99. The molecule has 0 unspecified atom stereocenters. The van der Waals surface area contributed by atoms with E-state index in [1.54, 1.807) is 42.5 Å². The minimum Gasteiger partial charge on any atom is -0.548 e. The predicted octanol–water partition coefficient (Wildman–Crippen LogP) is 0.563. The van der Waals surface area contributed by atoms with Gasteiger partial charge in [0.15, 0.2) is 11.5 Å². The Bertz CT molecular complexity index is 1470. The van der Waals surface area contributed by atoms with Crippen LogP contribution in [0, 0.1) is 11.3 Å². The number of aromatic nitrogens is 2. The summed E-state index contributed by atoms with van der Waals surface area (Å²) in [5, 5.41) is 28.8. The number of anilines is 1. The number of nitrogens with two attached hydrogens (primary N) is 1. The van der Waals surface area contributed by atoms with E-state index in [-0.39, 0.29) is 22.9 Å². The van der Waals surface area contributed by atoms with E-state index >= 15 is 0 Å². The molecule has 0 bridgehead atoms. The van der Waals surface area contributed by atoms with Gasteiger partial charge in [-0.15, -0.1) is 5.10 Å². The van der Waals surface area contributed by atoms with E-state index in [9.17, 15) is 20.0 Å². The molecule has 35 heavy (non-hydrogen) atoms. The van der Waals surface area contributed by atoms with Gasteiger partial charge in [-0.1, -0.05) is 18.2 Å². The van der Waals surface area contributed by atoms with Gasteiger partial charge in [0.1, 0.15) is 17.1 Å². The SMILES string of the molecule is COc1ccc(-c2[nH]nc3c2[C@@]2(C(=O)N(CC(=O)[O-])c4ccccc42)C(C#N)=C(N)O3)cc1OC. The van der Waals surface area contributed by atoms with E-state index in [0.29, 0.717) is 34.0 Å². The van der Waals surface area contributed by atoms with E-state index in [2.05, 4.69) is 10.2 Å². The maximum atomic E-state index is 14.1. The van der Waals surface area contributed by atoms with Crippen LogP contribution in [0.1, 0.15) is 11.1 Å². The fraction of sp³-hybridized carbons (Fsp3) is 0.167. The Morgan fingerprint density at radius 1 is 1.26 bits per heavy atom. The number of hydrogen-bond acceptors (Lipinski definition) is 9. The van der Waals surface area contributed by atoms with E-state index in [0.717, 1.165) is 4.90 Å². The lowest BCUT2D eigenvalue weighted by molar-refractivity contribution is -0.303. The third-order valence-electron chi connectivity index (χ3n) is 6.17. The van der Waals surface area contributed by atoms with Gasteiger partial charge in [-0.2, -0.15) is 5.26 Å². The van der Waals surface area contributed by atoms with Crippen LogP contribution >= 0.6 is 0 Å². The highest BCUT2D eigenvalue weighted by atomic mass is 16.5. The molecule has 3 aromatic rings. The zero-order chi connectivity index (χ0) is 24.9. The number of rotatable bonds is 5. The Labute approximate surface area is 198 Å². The summed E-state index contributed by atoms with van der Waals surface area (Å²) in [6, 6.07) is 13.7. The number of hydrogen-bond donors (Lipinski definition) is 2. The molecular formula is C24H18N5O6-. The molecule has 0 saturated heterocycles. The van der Waals surface area contributed by atoms with Crippen molar-refractivity contribution in [3.8, 4) is 34.7 Å². The number of benzene rings is 2. The van der Waals surface area contributed by atoms with E-state index in [4.69, 9.17) is 19.9 Å². The highest BCUT2D eigenvalue weighted by Gasteiger charge is 2.61. The van der Waals surface area contributed by atoms with Crippen molar-refractivity contribution >= 4 is 17.6 Å². The molecule has 1 spiro atoms. The first-order valence-electron chi connectivity index (χ1n) is 10.4. The number of nitrogens with zero attached hydrogens (tertiary/aromatic N) is 3. The molecule has 2 aromatic carbocycles. The molecule has 0 saturated carbocycles. The molecule has 1 amide bonds. The van der Waals surface area contributed by atoms with Crippen molar-refractivity contribution in [3.05, 3.63) is 65.0 Å². The predicted molar refractivity (Wildman–Crippen MR) is 119 cm³/mol. The van der Waals surface area contributed by atoms with Crippen LogP contribution in [0.5, 0.6) is 17.4 Å². The first-order valence-corrected chi connectivity index (χ1v) is 10.4. The lowest BCUT2D eigenvalue weighted by Gasteiger charge is -2.33. The van der Waals surface area contributed by atoms with Crippen molar-refractivity contribution in [1.82, 2.24) is 10.2 Å². The lowest BCUT2D eigenvalue weighted by atomic mass is 9.68. The Hall–Kier alpha value is -4.98. The van der Waals surface area contributed by atoms with Gasteiger partial charge >= 0.3 is 0 Å². The quantitative estimate of drug-likeness (QED) is 0.539. The number of amides is 1. The minimum atomic E-state index is -1.80. The number of carboxylic acids is 1. The largest absolute Gasteiger partial charge is 0.548 e. The van der Waals surface area contributed by atoms with Crippen molar-refractivity contribution in [2.45, 2.75) is 5.41 Å². The lowest BCUT2D eigenvalue weighted by Crippen LogP contribution is -2.48. The van der Waals surface area contributed by atoms with Crippen molar-refractivity contribution in [3.63, 3.8) is 0 Å². The van der Waals surface area contributed by atoms with Gasteiger partial charge in [-0.3, -0.25) is 9.89 Å². The van der Waals surface area contributed by atoms with Gasteiger partial charge in [0, 0.05) is 16.8 Å².